The second kappa shape index (κ2) is 5.73. The van der Waals surface area contributed by atoms with Crippen molar-refractivity contribution in [1.29, 1.82) is 0 Å². The Kier molecular flexibility index (Phi) is 4.35. The van der Waals surface area contributed by atoms with Crippen LogP contribution in [0, 0.1) is 0 Å². The number of methoxy groups -OCH3 is 1. The summed E-state index contributed by atoms with van der Waals surface area (Å²) >= 11 is 12.1. The van der Waals surface area contributed by atoms with Crippen LogP contribution in [-0.2, 0) is 4.79 Å². The van der Waals surface area contributed by atoms with Crippen LogP contribution in [0.15, 0.2) is 12.1 Å². The highest BCUT2D eigenvalue weighted by atomic mass is 35.5. The third kappa shape index (κ3) is 2.80. The molecular formula is C14H16Cl2N2O3. The molecule has 1 heterocycles. The summed E-state index contributed by atoms with van der Waals surface area (Å²) in [6.07, 6.45) is 0. The lowest BCUT2D eigenvalue weighted by Gasteiger charge is -2.41. The molecule has 0 radical (unpaired) electrons. The molecule has 5 nitrogen and oxygen atoms in total. The number of nitrogens with one attached hydrogen (secondary N) is 1. The third-order valence-corrected chi connectivity index (χ3v) is 4.11. The summed E-state index contributed by atoms with van der Waals surface area (Å²) in [6.45, 7) is 4.25. The largest absolute Gasteiger partial charge is 0.494 e. The number of nitrogens with zero attached hydrogens (tertiary/aromatic N) is 1. The zero-order valence-electron chi connectivity index (χ0n) is 12.0. The molecule has 0 atom stereocenters. The van der Waals surface area contributed by atoms with Crippen molar-refractivity contribution >= 4 is 35.0 Å². The van der Waals surface area contributed by atoms with E-state index < -0.39 is 5.54 Å². The van der Waals surface area contributed by atoms with Crippen molar-refractivity contribution in [2.45, 2.75) is 19.4 Å². The summed E-state index contributed by atoms with van der Waals surface area (Å²) in [5.74, 6) is -0.153. The highest BCUT2D eigenvalue weighted by Gasteiger charge is 2.40. The van der Waals surface area contributed by atoms with Gasteiger partial charge >= 0.3 is 0 Å². The van der Waals surface area contributed by atoms with E-state index in [9.17, 15) is 9.59 Å². The second-order valence-electron chi connectivity index (χ2n) is 5.24. The molecule has 21 heavy (non-hydrogen) atoms. The molecule has 0 bridgehead atoms. The van der Waals surface area contributed by atoms with Crippen LogP contribution < -0.4 is 10.1 Å². The number of piperazine rings is 1. The van der Waals surface area contributed by atoms with Gasteiger partial charge in [0.1, 0.15) is 5.54 Å². The Morgan fingerprint density at radius 2 is 1.90 bits per heavy atom. The van der Waals surface area contributed by atoms with Crippen molar-refractivity contribution in [3.63, 3.8) is 0 Å². The molecule has 2 rings (SSSR count). The minimum absolute atomic E-state index is 0.187. The number of carbonyl (C=O) groups excluding carboxylic acids is 2. The van der Waals surface area contributed by atoms with Gasteiger partial charge in [-0.2, -0.15) is 0 Å². The van der Waals surface area contributed by atoms with E-state index in [1.54, 1.807) is 13.8 Å². The Morgan fingerprint density at radius 1 is 1.33 bits per heavy atom. The summed E-state index contributed by atoms with van der Waals surface area (Å²) < 4.78 is 5.06. The number of rotatable bonds is 2. The van der Waals surface area contributed by atoms with Crippen molar-refractivity contribution in [2.24, 2.45) is 0 Å². The number of hydrogen-bond acceptors (Lipinski definition) is 3. The Balaban J connectivity index is 2.38. The van der Waals surface area contributed by atoms with Crippen LogP contribution in [0.2, 0.25) is 10.0 Å². The minimum Gasteiger partial charge on any atom is -0.494 e. The quantitative estimate of drug-likeness (QED) is 0.905. The van der Waals surface area contributed by atoms with E-state index in [1.807, 2.05) is 0 Å². The standard InChI is InChI=1S/C14H16Cl2N2O3/c1-14(2)13(20)17-4-5-18(14)12(19)8-6-9(15)11(21-3)10(16)7-8/h6-7H,4-5H2,1-3H3,(H,17,20). The maximum absolute atomic E-state index is 12.7. The zero-order chi connectivity index (χ0) is 15.8. The highest BCUT2D eigenvalue weighted by molar-refractivity contribution is 6.37. The molecule has 1 aliphatic rings. The molecule has 1 aromatic rings. The molecule has 1 fully saturated rings. The van der Waals surface area contributed by atoms with E-state index in [2.05, 4.69) is 5.32 Å². The summed E-state index contributed by atoms with van der Waals surface area (Å²) in [4.78, 5) is 26.1. The Morgan fingerprint density at radius 3 is 2.43 bits per heavy atom. The van der Waals surface area contributed by atoms with E-state index in [0.717, 1.165) is 0 Å². The molecule has 0 unspecified atom stereocenters. The average molecular weight is 331 g/mol. The fourth-order valence-electron chi connectivity index (χ4n) is 2.29. The summed E-state index contributed by atoms with van der Waals surface area (Å²) in [6, 6.07) is 2.99. The molecule has 1 N–H and O–H groups in total. The van der Waals surface area contributed by atoms with Crippen LogP contribution in [0.5, 0.6) is 5.75 Å². The monoisotopic (exact) mass is 330 g/mol. The summed E-state index contributed by atoms with van der Waals surface area (Å²) in [5, 5.41) is 3.26. The van der Waals surface area contributed by atoms with Gasteiger partial charge < -0.3 is 15.0 Å². The van der Waals surface area contributed by atoms with E-state index in [0.29, 0.717) is 24.4 Å². The Hall–Kier alpha value is -1.46. The lowest BCUT2D eigenvalue weighted by molar-refractivity contribution is -0.133. The molecular weight excluding hydrogens is 315 g/mol. The van der Waals surface area contributed by atoms with E-state index in [-0.39, 0.29) is 21.9 Å². The molecule has 0 aromatic heterocycles. The van der Waals surface area contributed by atoms with Gasteiger partial charge in [-0.3, -0.25) is 9.59 Å². The van der Waals surface area contributed by atoms with Crippen LogP contribution in [0.4, 0.5) is 0 Å². The lowest BCUT2D eigenvalue weighted by Crippen LogP contribution is -2.63. The van der Waals surface area contributed by atoms with Crippen LogP contribution >= 0.6 is 23.2 Å². The number of hydrogen-bond donors (Lipinski definition) is 1. The van der Waals surface area contributed by atoms with Crippen molar-refractivity contribution < 1.29 is 14.3 Å². The fourth-order valence-corrected chi connectivity index (χ4v) is 2.93. The normalized spacial score (nSPS) is 17.4. The van der Waals surface area contributed by atoms with Gasteiger partial charge in [0.25, 0.3) is 5.91 Å². The number of amides is 2. The minimum atomic E-state index is -0.922. The SMILES string of the molecule is COc1c(Cl)cc(C(=O)N2CCNC(=O)C2(C)C)cc1Cl. The van der Waals surface area contributed by atoms with Crippen LogP contribution in [-0.4, -0.2) is 42.5 Å². The summed E-state index contributed by atoms with van der Waals surface area (Å²) in [5.41, 5.74) is -0.595. The topological polar surface area (TPSA) is 58.6 Å². The van der Waals surface area contributed by atoms with E-state index >= 15 is 0 Å². The second-order valence-corrected chi connectivity index (χ2v) is 6.06. The molecule has 0 spiro atoms. The van der Waals surface area contributed by atoms with Gasteiger partial charge in [-0.25, -0.2) is 0 Å². The van der Waals surface area contributed by atoms with Gasteiger partial charge in [-0.15, -0.1) is 0 Å². The molecule has 1 aliphatic heterocycles. The number of halogens is 2. The van der Waals surface area contributed by atoms with Gasteiger partial charge in [0.05, 0.1) is 17.2 Å². The summed E-state index contributed by atoms with van der Waals surface area (Å²) in [7, 11) is 1.45. The molecule has 1 aromatic carbocycles. The van der Waals surface area contributed by atoms with Gasteiger partial charge in [0, 0.05) is 18.7 Å². The van der Waals surface area contributed by atoms with Crippen molar-refractivity contribution in [3.8, 4) is 5.75 Å². The van der Waals surface area contributed by atoms with Gasteiger partial charge in [0.2, 0.25) is 5.91 Å². The van der Waals surface area contributed by atoms with Crippen LogP contribution in [0.3, 0.4) is 0 Å². The van der Waals surface area contributed by atoms with Crippen LogP contribution in [0.25, 0.3) is 0 Å². The highest BCUT2D eigenvalue weighted by Crippen LogP contribution is 2.34. The number of benzene rings is 1. The first kappa shape index (κ1) is 15.9. The average Bonchev–Trinajstić information content (AvgIpc) is 2.40. The zero-order valence-corrected chi connectivity index (χ0v) is 13.5. The first-order valence-electron chi connectivity index (χ1n) is 6.42. The van der Waals surface area contributed by atoms with Crippen molar-refractivity contribution in [3.05, 3.63) is 27.7 Å². The van der Waals surface area contributed by atoms with Gasteiger partial charge in [-0.05, 0) is 26.0 Å². The Labute approximate surface area is 133 Å². The maximum atomic E-state index is 12.7. The Bertz CT molecular complexity index is 579. The predicted molar refractivity (Wildman–Crippen MR) is 81.1 cm³/mol. The van der Waals surface area contributed by atoms with Crippen molar-refractivity contribution in [1.82, 2.24) is 10.2 Å². The molecule has 7 heteroatoms. The number of ether oxygens (including phenoxy) is 1. The molecule has 114 valence electrons. The fraction of sp³-hybridized carbons (Fsp3) is 0.429. The smallest absolute Gasteiger partial charge is 0.254 e. The first-order chi connectivity index (χ1) is 9.78. The lowest BCUT2D eigenvalue weighted by atomic mass is 9.97. The maximum Gasteiger partial charge on any atom is 0.254 e. The van der Waals surface area contributed by atoms with Gasteiger partial charge in [0.15, 0.2) is 5.75 Å². The predicted octanol–water partition coefficient (Wildman–Crippen LogP) is 2.35. The molecule has 1 saturated heterocycles. The molecule has 0 saturated carbocycles. The van der Waals surface area contributed by atoms with E-state index in [4.69, 9.17) is 27.9 Å². The number of carbonyl (C=O) groups is 2. The van der Waals surface area contributed by atoms with Crippen molar-refractivity contribution in [2.75, 3.05) is 20.2 Å². The van der Waals surface area contributed by atoms with E-state index in [1.165, 1.54) is 24.1 Å². The molecule has 0 aliphatic carbocycles. The third-order valence-electron chi connectivity index (χ3n) is 3.55. The van der Waals surface area contributed by atoms with Crippen LogP contribution in [0.1, 0.15) is 24.2 Å². The van der Waals surface area contributed by atoms with Gasteiger partial charge in [-0.1, -0.05) is 23.2 Å². The first-order valence-corrected chi connectivity index (χ1v) is 7.18. The molecule has 2 amide bonds.